The summed E-state index contributed by atoms with van der Waals surface area (Å²) in [5, 5.41) is 13.2. The van der Waals surface area contributed by atoms with Gasteiger partial charge in [0.05, 0.1) is 23.5 Å². The molecule has 0 saturated carbocycles. The molecule has 0 atom stereocenters. The number of pyridine rings is 1. The highest BCUT2D eigenvalue weighted by molar-refractivity contribution is 6.22. The summed E-state index contributed by atoms with van der Waals surface area (Å²) in [6, 6.07) is 6.13. The van der Waals surface area contributed by atoms with Crippen LogP contribution in [0.1, 0.15) is 33.7 Å². The van der Waals surface area contributed by atoms with Gasteiger partial charge in [-0.15, -0.1) is 21.8 Å². The van der Waals surface area contributed by atoms with Gasteiger partial charge in [0.25, 0.3) is 5.91 Å². The highest BCUT2D eigenvalue weighted by Gasteiger charge is 2.31. The number of carbonyl (C=O) groups excluding carboxylic acids is 1. The molecule has 10 heteroatoms. The van der Waals surface area contributed by atoms with Crippen LogP contribution in [0, 0.1) is 6.92 Å². The largest absolute Gasteiger partial charge is 0.350 e. The second kappa shape index (κ2) is 7.98. The van der Waals surface area contributed by atoms with Crippen molar-refractivity contribution < 1.29 is 4.79 Å². The van der Waals surface area contributed by atoms with E-state index < -0.39 is 0 Å². The monoisotopic (exact) mass is 464 g/mol. The molecule has 0 unspecified atom stereocenters. The normalized spacial score (nSPS) is 18.1. The van der Waals surface area contributed by atoms with E-state index in [9.17, 15) is 4.79 Å². The summed E-state index contributed by atoms with van der Waals surface area (Å²) in [6.45, 7) is 6.56. The van der Waals surface area contributed by atoms with E-state index in [0.29, 0.717) is 25.3 Å². The Morgan fingerprint density at radius 2 is 2.03 bits per heavy atom. The number of nitrogens with zero attached hydrogens (tertiary/aromatic N) is 8. The van der Waals surface area contributed by atoms with E-state index in [1.807, 2.05) is 30.1 Å². The first-order valence-electron chi connectivity index (χ1n) is 11.4. The zero-order valence-corrected chi connectivity index (χ0v) is 19.2. The molecular formula is C23H25ClN8O. The van der Waals surface area contributed by atoms with Crippen LogP contribution in [0.25, 0.3) is 0 Å². The van der Waals surface area contributed by atoms with Crippen LogP contribution < -0.4 is 9.80 Å². The molecule has 0 spiro atoms. The van der Waals surface area contributed by atoms with Crippen molar-refractivity contribution in [2.75, 3.05) is 36.0 Å². The Labute approximate surface area is 197 Å². The molecule has 6 heterocycles. The van der Waals surface area contributed by atoms with E-state index in [1.165, 1.54) is 5.56 Å². The summed E-state index contributed by atoms with van der Waals surface area (Å²) in [7, 11) is 0. The number of anilines is 3. The number of alkyl halides is 1. The topological polar surface area (TPSA) is 83.3 Å². The van der Waals surface area contributed by atoms with Gasteiger partial charge in [0, 0.05) is 57.4 Å². The minimum Gasteiger partial charge on any atom is -0.350 e. The van der Waals surface area contributed by atoms with Crippen LogP contribution in [0.2, 0.25) is 0 Å². The molecule has 3 aliphatic rings. The van der Waals surface area contributed by atoms with E-state index in [1.54, 1.807) is 4.90 Å². The first-order chi connectivity index (χ1) is 16.1. The Morgan fingerprint density at radius 1 is 1.15 bits per heavy atom. The van der Waals surface area contributed by atoms with Crippen molar-refractivity contribution in [3.63, 3.8) is 0 Å². The lowest BCUT2D eigenvalue weighted by atomic mass is 10.0. The summed E-state index contributed by atoms with van der Waals surface area (Å²) >= 11 is 6.01. The SMILES string of the molecule is Cc1cc(C(=O)N2CC(Cl)C2)nnc1N1CCc2ncc(N3CCCn4nccc43)cc2C1. The number of rotatable bonds is 3. The zero-order chi connectivity index (χ0) is 22.5. The summed E-state index contributed by atoms with van der Waals surface area (Å²) in [5.74, 6) is 1.82. The number of aryl methyl sites for hydroxylation is 2. The lowest BCUT2D eigenvalue weighted by Gasteiger charge is -2.35. The van der Waals surface area contributed by atoms with Crippen molar-refractivity contribution in [2.45, 2.75) is 38.2 Å². The third-order valence-corrected chi connectivity index (χ3v) is 6.94. The maximum absolute atomic E-state index is 12.6. The molecule has 33 heavy (non-hydrogen) atoms. The summed E-state index contributed by atoms with van der Waals surface area (Å²) in [5.41, 5.74) is 4.75. The summed E-state index contributed by atoms with van der Waals surface area (Å²) < 4.78 is 2.05. The predicted molar refractivity (Wildman–Crippen MR) is 125 cm³/mol. The smallest absolute Gasteiger partial charge is 0.274 e. The van der Waals surface area contributed by atoms with Crippen molar-refractivity contribution >= 4 is 34.8 Å². The van der Waals surface area contributed by atoms with Gasteiger partial charge in [-0.25, -0.2) is 4.68 Å². The number of fused-ring (bicyclic) bond motifs is 2. The minimum atomic E-state index is -0.104. The number of halogens is 1. The lowest BCUT2D eigenvalue weighted by molar-refractivity contribution is 0.0652. The Bertz CT molecular complexity index is 1220. The summed E-state index contributed by atoms with van der Waals surface area (Å²) in [4.78, 5) is 23.6. The average Bonchev–Trinajstić information content (AvgIpc) is 3.30. The number of hydrogen-bond donors (Lipinski definition) is 0. The molecule has 1 fully saturated rings. The molecule has 3 aromatic heterocycles. The second-order valence-electron chi connectivity index (χ2n) is 8.93. The van der Waals surface area contributed by atoms with Crippen molar-refractivity contribution in [2.24, 2.45) is 0 Å². The van der Waals surface area contributed by atoms with Gasteiger partial charge in [0.15, 0.2) is 11.5 Å². The van der Waals surface area contributed by atoms with E-state index in [2.05, 4.69) is 37.2 Å². The Morgan fingerprint density at radius 3 is 2.85 bits per heavy atom. The molecule has 1 amide bonds. The first-order valence-corrected chi connectivity index (χ1v) is 11.8. The van der Waals surface area contributed by atoms with Crippen LogP contribution in [0.4, 0.5) is 17.3 Å². The van der Waals surface area contributed by atoms with E-state index in [0.717, 1.165) is 61.1 Å². The molecule has 1 saturated heterocycles. The van der Waals surface area contributed by atoms with E-state index in [4.69, 9.17) is 16.6 Å². The van der Waals surface area contributed by atoms with Gasteiger partial charge in [0.1, 0.15) is 5.82 Å². The molecule has 0 bridgehead atoms. The number of likely N-dealkylation sites (tertiary alicyclic amines) is 1. The number of carbonyl (C=O) groups is 1. The molecule has 6 rings (SSSR count). The Hall–Kier alpha value is -3.20. The van der Waals surface area contributed by atoms with Crippen LogP contribution >= 0.6 is 11.6 Å². The van der Waals surface area contributed by atoms with E-state index in [-0.39, 0.29) is 11.3 Å². The van der Waals surface area contributed by atoms with Crippen molar-refractivity contribution in [1.82, 2.24) is 29.9 Å². The van der Waals surface area contributed by atoms with Crippen molar-refractivity contribution in [3.8, 4) is 0 Å². The van der Waals surface area contributed by atoms with Crippen LogP contribution in [-0.2, 0) is 19.5 Å². The van der Waals surface area contributed by atoms with E-state index >= 15 is 0 Å². The maximum Gasteiger partial charge on any atom is 0.274 e. The highest BCUT2D eigenvalue weighted by Crippen LogP contribution is 2.32. The number of hydrogen-bond acceptors (Lipinski definition) is 7. The zero-order valence-electron chi connectivity index (χ0n) is 18.5. The predicted octanol–water partition coefficient (Wildman–Crippen LogP) is 2.54. The quantitative estimate of drug-likeness (QED) is 0.551. The number of amides is 1. The van der Waals surface area contributed by atoms with Crippen molar-refractivity contribution in [1.29, 1.82) is 0 Å². The molecule has 0 aromatic carbocycles. The fourth-order valence-electron chi connectivity index (χ4n) is 4.87. The number of aromatic nitrogens is 5. The van der Waals surface area contributed by atoms with Crippen LogP contribution in [0.5, 0.6) is 0 Å². The van der Waals surface area contributed by atoms with Crippen molar-refractivity contribution in [3.05, 3.63) is 53.1 Å². The molecule has 0 N–H and O–H groups in total. The fraction of sp³-hybridized carbons (Fsp3) is 0.435. The van der Waals surface area contributed by atoms with Crippen LogP contribution in [0.3, 0.4) is 0 Å². The molecular weight excluding hydrogens is 440 g/mol. The third-order valence-electron chi connectivity index (χ3n) is 6.66. The Balaban J connectivity index is 1.23. The van der Waals surface area contributed by atoms with Gasteiger partial charge >= 0.3 is 0 Å². The summed E-state index contributed by atoms with van der Waals surface area (Å²) in [6.07, 6.45) is 5.73. The van der Waals surface area contributed by atoms with Gasteiger partial charge in [-0.05, 0) is 36.6 Å². The van der Waals surface area contributed by atoms with Crippen LogP contribution in [-0.4, -0.2) is 67.3 Å². The molecule has 3 aliphatic heterocycles. The Kier molecular flexibility index (Phi) is 4.94. The molecule has 0 radical (unpaired) electrons. The maximum atomic E-state index is 12.6. The van der Waals surface area contributed by atoms with Gasteiger partial charge in [0.2, 0.25) is 0 Å². The minimum absolute atomic E-state index is 0.0414. The molecule has 0 aliphatic carbocycles. The first kappa shape index (κ1) is 20.4. The van der Waals surface area contributed by atoms with Crippen LogP contribution in [0.15, 0.2) is 30.6 Å². The molecule has 170 valence electrons. The average molecular weight is 465 g/mol. The van der Waals surface area contributed by atoms with Gasteiger partial charge in [-0.2, -0.15) is 5.10 Å². The lowest BCUT2D eigenvalue weighted by Crippen LogP contribution is -2.51. The highest BCUT2D eigenvalue weighted by atomic mass is 35.5. The standard InChI is InChI=1S/C23H25ClN8O/c1-15-9-20(23(33)30-13-17(24)14-30)27-28-22(15)29-8-4-19-16(12-29)10-18(11-25-19)31-6-2-7-32-21(31)3-5-26-32/h3,5,9-11,17H,2,4,6-8,12-14H2,1H3. The van der Waals surface area contributed by atoms with Gasteiger partial charge < -0.3 is 14.7 Å². The second-order valence-corrected chi connectivity index (χ2v) is 9.55. The fourth-order valence-corrected chi connectivity index (χ4v) is 5.21. The molecule has 9 nitrogen and oxygen atoms in total. The van der Waals surface area contributed by atoms with Gasteiger partial charge in [-0.3, -0.25) is 9.78 Å². The third kappa shape index (κ3) is 3.60. The van der Waals surface area contributed by atoms with Gasteiger partial charge in [-0.1, -0.05) is 0 Å². The molecule has 3 aromatic rings.